The molecule has 0 bridgehead atoms. The van der Waals surface area contributed by atoms with Crippen LogP contribution < -0.4 is 5.32 Å². The highest BCUT2D eigenvalue weighted by atomic mass is 16.6. The number of carboxylic acids is 1. The molecule has 0 aliphatic carbocycles. The van der Waals surface area contributed by atoms with Crippen LogP contribution in [0, 0.1) is 16.0 Å². The van der Waals surface area contributed by atoms with Crippen molar-refractivity contribution in [3.63, 3.8) is 0 Å². The van der Waals surface area contributed by atoms with Gasteiger partial charge in [-0.25, -0.2) is 4.79 Å². The van der Waals surface area contributed by atoms with E-state index in [1.54, 1.807) is 13.8 Å². The van der Waals surface area contributed by atoms with Crippen LogP contribution in [0.3, 0.4) is 0 Å². The third kappa shape index (κ3) is 3.03. The van der Waals surface area contributed by atoms with Crippen LogP contribution in [-0.4, -0.2) is 38.1 Å². The Balaban J connectivity index is 2.80. The predicted molar refractivity (Wildman–Crippen MR) is 59.0 cm³/mol. The lowest BCUT2D eigenvalue weighted by Crippen LogP contribution is -2.44. The van der Waals surface area contributed by atoms with Crippen molar-refractivity contribution < 1.29 is 19.6 Å². The van der Waals surface area contributed by atoms with Gasteiger partial charge in [0.2, 0.25) is 0 Å². The normalized spacial score (nSPS) is 12.2. The molecule has 9 nitrogen and oxygen atoms in total. The van der Waals surface area contributed by atoms with E-state index in [9.17, 15) is 19.7 Å². The van der Waals surface area contributed by atoms with Gasteiger partial charge in [-0.3, -0.25) is 4.79 Å². The Kier molecular flexibility index (Phi) is 3.97. The Morgan fingerprint density at radius 3 is 2.56 bits per heavy atom. The fraction of sp³-hybridized carbons (Fsp3) is 0.444. The highest BCUT2D eigenvalue weighted by molar-refractivity contribution is 5.95. The zero-order valence-corrected chi connectivity index (χ0v) is 9.71. The van der Waals surface area contributed by atoms with E-state index >= 15 is 0 Å². The van der Waals surface area contributed by atoms with Gasteiger partial charge in [0.15, 0.2) is 5.69 Å². The van der Waals surface area contributed by atoms with E-state index in [1.807, 2.05) is 0 Å². The van der Waals surface area contributed by atoms with Gasteiger partial charge in [-0.15, -0.1) is 5.10 Å². The summed E-state index contributed by atoms with van der Waals surface area (Å²) in [7, 11) is 0. The Hall–Kier alpha value is -2.45. The first-order valence-corrected chi connectivity index (χ1v) is 5.06. The third-order valence-corrected chi connectivity index (χ3v) is 2.21. The molecule has 0 saturated carbocycles. The quantitative estimate of drug-likeness (QED) is 0.506. The minimum atomic E-state index is -1.18. The lowest BCUT2D eigenvalue weighted by Gasteiger charge is -2.16. The van der Waals surface area contributed by atoms with Gasteiger partial charge in [-0.05, 0) is 10.8 Å². The summed E-state index contributed by atoms with van der Waals surface area (Å²) in [5.74, 6) is -2.71. The van der Waals surface area contributed by atoms with Gasteiger partial charge >= 0.3 is 11.8 Å². The third-order valence-electron chi connectivity index (χ3n) is 2.21. The molecule has 1 amide bonds. The zero-order valence-electron chi connectivity index (χ0n) is 9.71. The molecule has 0 saturated heterocycles. The number of nitrogens with one attached hydrogen (secondary N) is 2. The number of nitro groups is 1. The molecule has 3 N–H and O–H groups in total. The Bertz CT molecular complexity index is 481. The molecule has 0 spiro atoms. The van der Waals surface area contributed by atoms with E-state index in [0.29, 0.717) is 0 Å². The largest absolute Gasteiger partial charge is 0.480 e. The first-order chi connectivity index (χ1) is 8.32. The maximum absolute atomic E-state index is 11.6. The molecule has 1 atom stereocenters. The van der Waals surface area contributed by atoms with Crippen LogP contribution >= 0.6 is 0 Å². The molecule has 1 heterocycles. The Morgan fingerprint density at radius 2 is 2.17 bits per heavy atom. The summed E-state index contributed by atoms with van der Waals surface area (Å²) in [4.78, 5) is 32.1. The molecule has 0 unspecified atom stereocenters. The summed E-state index contributed by atoms with van der Waals surface area (Å²) >= 11 is 0. The van der Waals surface area contributed by atoms with E-state index in [2.05, 4.69) is 15.5 Å². The lowest BCUT2D eigenvalue weighted by molar-refractivity contribution is -0.389. The van der Waals surface area contributed by atoms with E-state index in [4.69, 9.17) is 5.11 Å². The van der Waals surface area contributed by atoms with Gasteiger partial charge in [-0.2, -0.15) is 0 Å². The summed E-state index contributed by atoms with van der Waals surface area (Å²) in [5, 5.41) is 27.0. The molecule has 1 aromatic heterocycles. The van der Waals surface area contributed by atoms with Crippen molar-refractivity contribution in [3.8, 4) is 0 Å². The molecule has 0 aliphatic rings. The highest BCUT2D eigenvalue weighted by Crippen LogP contribution is 2.09. The molecule has 0 aromatic carbocycles. The van der Waals surface area contributed by atoms with Gasteiger partial charge in [0.05, 0.1) is 6.07 Å². The number of hydrogen-bond donors (Lipinski definition) is 3. The van der Waals surface area contributed by atoms with Crippen LogP contribution in [0.25, 0.3) is 0 Å². The molecule has 0 fully saturated rings. The standard InChI is InChI=1S/C9H12N4O5/c1-4(2)7(9(15)16)10-8(14)5-3-6(12-11-5)13(17)18/h3-4,7H,1-2H3,(H,10,14)(H,11,12)(H,15,16)/t7-/m0/s1. The fourth-order valence-corrected chi connectivity index (χ4v) is 1.25. The summed E-state index contributed by atoms with van der Waals surface area (Å²) in [6.45, 7) is 3.26. The average molecular weight is 256 g/mol. The van der Waals surface area contributed by atoms with Crippen LogP contribution in [0.15, 0.2) is 6.07 Å². The second kappa shape index (κ2) is 5.25. The maximum atomic E-state index is 11.6. The van der Waals surface area contributed by atoms with Crippen LogP contribution in [0.4, 0.5) is 5.82 Å². The van der Waals surface area contributed by atoms with Gasteiger partial charge in [0.25, 0.3) is 5.91 Å². The number of carbonyl (C=O) groups is 2. The van der Waals surface area contributed by atoms with E-state index < -0.39 is 28.7 Å². The van der Waals surface area contributed by atoms with Crippen LogP contribution in [0.1, 0.15) is 24.3 Å². The van der Waals surface area contributed by atoms with Crippen LogP contribution in [-0.2, 0) is 4.79 Å². The minimum absolute atomic E-state index is 0.228. The molecule has 98 valence electrons. The smallest absolute Gasteiger partial charge is 0.343 e. The molecule has 9 heteroatoms. The molecular weight excluding hydrogens is 244 g/mol. The van der Waals surface area contributed by atoms with Crippen molar-refractivity contribution in [2.75, 3.05) is 0 Å². The first kappa shape index (κ1) is 13.6. The first-order valence-electron chi connectivity index (χ1n) is 5.06. The second-order valence-corrected chi connectivity index (χ2v) is 3.93. The van der Waals surface area contributed by atoms with Crippen molar-refractivity contribution >= 4 is 17.7 Å². The van der Waals surface area contributed by atoms with E-state index in [0.717, 1.165) is 6.07 Å². The van der Waals surface area contributed by atoms with E-state index in [1.165, 1.54) is 0 Å². The summed E-state index contributed by atoms with van der Waals surface area (Å²) < 4.78 is 0. The van der Waals surface area contributed by atoms with Crippen LogP contribution in [0.2, 0.25) is 0 Å². The van der Waals surface area contributed by atoms with Crippen molar-refractivity contribution in [3.05, 3.63) is 21.9 Å². The number of H-pyrrole nitrogens is 1. The maximum Gasteiger partial charge on any atom is 0.343 e. The van der Waals surface area contributed by atoms with Crippen LogP contribution in [0.5, 0.6) is 0 Å². The topological polar surface area (TPSA) is 138 Å². The van der Waals surface area contributed by atoms with Crippen molar-refractivity contribution in [2.45, 2.75) is 19.9 Å². The number of aromatic amines is 1. The lowest BCUT2D eigenvalue weighted by atomic mass is 10.0. The number of hydrogen-bond acceptors (Lipinski definition) is 5. The average Bonchev–Trinajstić information content (AvgIpc) is 2.73. The summed E-state index contributed by atoms with van der Waals surface area (Å²) in [6, 6.07) is -0.137. The van der Waals surface area contributed by atoms with Crippen molar-refractivity contribution in [2.24, 2.45) is 5.92 Å². The van der Waals surface area contributed by atoms with E-state index in [-0.39, 0.29) is 11.6 Å². The van der Waals surface area contributed by atoms with Gasteiger partial charge in [-0.1, -0.05) is 18.9 Å². The van der Waals surface area contributed by atoms with Crippen molar-refractivity contribution in [1.29, 1.82) is 0 Å². The SMILES string of the molecule is CC(C)[C@H](NC(=O)c1cc([N+](=O)[O-])[nH]n1)C(=O)O. The summed E-state index contributed by atoms with van der Waals surface area (Å²) in [6.07, 6.45) is 0. The Morgan fingerprint density at radius 1 is 1.56 bits per heavy atom. The number of aromatic nitrogens is 2. The van der Waals surface area contributed by atoms with Gasteiger partial charge < -0.3 is 20.5 Å². The van der Waals surface area contributed by atoms with Gasteiger partial charge in [0, 0.05) is 0 Å². The molecule has 1 rings (SSSR count). The van der Waals surface area contributed by atoms with Gasteiger partial charge in [0.1, 0.15) is 6.04 Å². The molecule has 18 heavy (non-hydrogen) atoms. The minimum Gasteiger partial charge on any atom is -0.480 e. The second-order valence-electron chi connectivity index (χ2n) is 3.93. The number of rotatable bonds is 5. The highest BCUT2D eigenvalue weighted by Gasteiger charge is 2.26. The fourth-order valence-electron chi connectivity index (χ4n) is 1.25. The summed E-state index contributed by atoms with van der Waals surface area (Å²) in [5.41, 5.74) is -0.228. The molecular formula is C9H12N4O5. The Labute approximate surface area is 101 Å². The molecule has 1 aromatic rings. The monoisotopic (exact) mass is 256 g/mol. The number of aliphatic carboxylic acids is 1. The number of carbonyl (C=O) groups excluding carboxylic acids is 1. The zero-order chi connectivity index (χ0) is 13.9. The van der Waals surface area contributed by atoms with Crippen molar-refractivity contribution in [1.82, 2.24) is 15.5 Å². The predicted octanol–water partition coefficient (Wildman–Crippen LogP) is 0.157. The number of carboxylic acid groups (broad SMARTS) is 1. The molecule has 0 aliphatic heterocycles. The number of amides is 1. The number of nitrogens with zero attached hydrogens (tertiary/aromatic N) is 2. The molecule has 0 radical (unpaired) electrons.